The van der Waals surface area contributed by atoms with Gasteiger partial charge in [-0.1, -0.05) is 28.9 Å². The predicted molar refractivity (Wildman–Crippen MR) is 153 cm³/mol. The highest BCUT2D eigenvalue weighted by Gasteiger charge is 2.35. The molecule has 1 aliphatic carbocycles. The maximum absolute atomic E-state index is 13.7. The Morgan fingerprint density at radius 1 is 1.02 bits per heavy atom. The number of aldehydes is 1. The van der Waals surface area contributed by atoms with Gasteiger partial charge in [0.2, 0.25) is 0 Å². The van der Waals surface area contributed by atoms with E-state index >= 15 is 0 Å². The van der Waals surface area contributed by atoms with Crippen molar-refractivity contribution in [2.45, 2.75) is 77.8 Å². The average molecular weight is 587 g/mol. The number of halogens is 4. The van der Waals surface area contributed by atoms with Gasteiger partial charge in [0.05, 0.1) is 18.7 Å². The summed E-state index contributed by atoms with van der Waals surface area (Å²) in [6, 6.07) is 7.54. The van der Waals surface area contributed by atoms with Gasteiger partial charge in [-0.2, -0.15) is 18.0 Å². The highest BCUT2D eigenvalue weighted by molar-refractivity contribution is 5.64. The molecule has 7 nitrogen and oxygen atoms in total. The number of aryl methyl sites for hydroxylation is 3. The van der Waals surface area contributed by atoms with E-state index in [2.05, 4.69) is 39.4 Å². The molecule has 0 bridgehead atoms. The summed E-state index contributed by atoms with van der Waals surface area (Å²) in [4.78, 5) is 17.0. The van der Waals surface area contributed by atoms with E-state index in [1.807, 2.05) is 11.8 Å². The number of anilines is 2. The van der Waals surface area contributed by atoms with Crippen LogP contribution < -0.4 is 9.80 Å². The highest BCUT2D eigenvalue weighted by Crippen LogP contribution is 2.42. The van der Waals surface area contributed by atoms with Crippen LogP contribution in [0.25, 0.3) is 0 Å². The standard InChI is InChI=1S/C31H38F4N6O/c1-20-11-21(2)29-27(12-20)28(5-4-10-40(29)17-22-6-8-23(19-42)9-7-22)41(30-36-38-39(3)37-30)18-25-13-24(16-32)14-26(15-25)31(33,34)35/h11-15,19,22-23,28H,4-10,16-18H2,1-3H3/t22?,23?,28-/m0/s1. The molecule has 2 aliphatic rings. The zero-order valence-corrected chi connectivity index (χ0v) is 24.4. The first-order chi connectivity index (χ1) is 20.0. The molecule has 0 amide bonds. The second-order valence-electron chi connectivity index (χ2n) is 11.9. The quantitative estimate of drug-likeness (QED) is 0.217. The Morgan fingerprint density at radius 2 is 1.76 bits per heavy atom. The van der Waals surface area contributed by atoms with Crippen molar-refractivity contribution in [1.29, 1.82) is 0 Å². The fraction of sp³-hybridized carbons (Fsp3) is 0.548. The molecule has 0 N–H and O–H groups in total. The first-order valence-corrected chi connectivity index (χ1v) is 14.6. The largest absolute Gasteiger partial charge is 0.416 e. The molecular weight excluding hydrogens is 548 g/mol. The van der Waals surface area contributed by atoms with Crippen molar-refractivity contribution in [3.05, 3.63) is 63.7 Å². The lowest BCUT2D eigenvalue weighted by Crippen LogP contribution is -2.33. The third-order valence-electron chi connectivity index (χ3n) is 8.64. The van der Waals surface area contributed by atoms with Gasteiger partial charge in [-0.15, -0.1) is 5.10 Å². The lowest BCUT2D eigenvalue weighted by atomic mass is 9.82. The van der Waals surface area contributed by atoms with Gasteiger partial charge in [-0.3, -0.25) is 0 Å². The summed E-state index contributed by atoms with van der Waals surface area (Å²) < 4.78 is 54.8. The lowest BCUT2D eigenvalue weighted by Gasteiger charge is -2.35. The Bertz CT molecular complexity index is 1400. The number of benzene rings is 2. The monoisotopic (exact) mass is 586 g/mol. The molecule has 1 aromatic heterocycles. The molecule has 1 aliphatic heterocycles. The van der Waals surface area contributed by atoms with Crippen molar-refractivity contribution in [1.82, 2.24) is 20.2 Å². The molecular formula is C31H38F4N6O. The number of nitrogens with zero attached hydrogens (tertiary/aromatic N) is 6. The van der Waals surface area contributed by atoms with E-state index in [0.29, 0.717) is 17.4 Å². The number of carbonyl (C=O) groups excluding carboxylic acids is 1. The zero-order chi connectivity index (χ0) is 30.0. The fourth-order valence-corrected chi connectivity index (χ4v) is 6.75. The van der Waals surface area contributed by atoms with Gasteiger partial charge >= 0.3 is 6.18 Å². The number of hydrogen-bond acceptors (Lipinski definition) is 6. The van der Waals surface area contributed by atoms with Crippen LogP contribution in [0.3, 0.4) is 0 Å². The minimum atomic E-state index is -4.59. The second-order valence-corrected chi connectivity index (χ2v) is 11.9. The molecule has 1 atom stereocenters. The summed E-state index contributed by atoms with van der Waals surface area (Å²) in [7, 11) is 1.65. The van der Waals surface area contributed by atoms with Crippen LogP contribution in [0, 0.1) is 25.7 Å². The van der Waals surface area contributed by atoms with E-state index < -0.39 is 18.4 Å². The summed E-state index contributed by atoms with van der Waals surface area (Å²) >= 11 is 0. The van der Waals surface area contributed by atoms with Crippen molar-refractivity contribution >= 4 is 17.9 Å². The van der Waals surface area contributed by atoms with Crippen LogP contribution in [0.2, 0.25) is 0 Å². The molecule has 0 unspecified atom stereocenters. The van der Waals surface area contributed by atoms with E-state index in [1.54, 1.807) is 7.05 Å². The van der Waals surface area contributed by atoms with Gasteiger partial charge in [0.1, 0.15) is 13.0 Å². The van der Waals surface area contributed by atoms with Crippen molar-refractivity contribution in [3.63, 3.8) is 0 Å². The van der Waals surface area contributed by atoms with Crippen LogP contribution in [0.1, 0.15) is 77.9 Å². The molecule has 1 saturated carbocycles. The second kappa shape index (κ2) is 12.4. The van der Waals surface area contributed by atoms with Gasteiger partial charge in [-0.25, -0.2) is 4.39 Å². The number of rotatable bonds is 8. The minimum Gasteiger partial charge on any atom is -0.371 e. The van der Waals surface area contributed by atoms with Crippen molar-refractivity contribution < 1.29 is 22.4 Å². The van der Waals surface area contributed by atoms with Gasteiger partial charge in [-0.05, 0) is 97.9 Å². The number of fused-ring (bicyclic) bond motifs is 1. The van der Waals surface area contributed by atoms with Crippen LogP contribution in [-0.2, 0) is 31.2 Å². The summed E-state index contributed by atoms with van der Waals surface area (Å²) in [6.07, 6.45) is 1.98. The molecule has 0 radical (unpaired) electrons. The summed E-state index contributed by atoms with van der Waals surface area (Å²) in [5.74, 6) is 0.967. The first kappa shape index (κ1) is 30.0. The molecule has 11 heteroatoms. The van der Waals surface area contributed by atoms with E-state index in [4.69, 9.17) is 0 Å². The van der Waals surface area contributed by atoms with Gasteiger partial charge < -0.3 is 14.6 Å². The average Bonchev–Trinajstić information content (AvgIpc) is 3.30. The fourth-order valence-electron chi connectivity index (χ4n) is 6.75. The predicted octanol–water partition coefficient (Wildman–Crippen LogP) is 6.67. The van der Waals surface area contributed by atoms with E-state index in [9.17, 15) is 22.4 Å². The molecule has 2 aromatic carbocycles. The summed E-state index contributed by atoms with van der Waals surface area (Å²) in [5.41, 5.74) is 3.90. The molecule has 1 fully saturated rings. The molecule has 2 heterocycles. The van der Waals surface area contributed by atoms with Crippen molar-refractivity contribution in [3.8, 4) is 0 Å². The minimum absolute atomic E-state index is 0.0182. The van der Waals surface area contributed by atoms with Gasteiger partial charge in [0.25, 0.3) is 5.95 Å². The maximum atomic E-state index is 13.7. The number of hydrogen-bond donors (Lipinski definition) is 0. The number of alkyl halides is 4. The molecule has 226 valence electrons. The van der Waals surface area contributed by atoms with E-state index in [-0.39, 0.29) is 24.1 Å². The Hall–Kier alpha value is -3.50. The van der Waals surface area contributed by atoms with Crippen LogP contribution >= 0.6 is 0 Å². The van der Waals surface area contributed by atoms with Crippen molar-refractivity contribution in [2.75, 3.05) is 22.9 Å². The number of tetrazole rings is 1. The Kier molecular flexibility index (Phi) is 8.84. The third-order valence-corrected chi connectivity index (χ3v) is 8.64. The molecule has 5 rings (SSSR count). The third kappa shape index (κ3) is 6.60. The smallest absolute Gasteiger partial charge is 0.371 e. The SMILES string of the molecule is Cc1cc(C)c2c(c1)[C@@H](N(Cc1cc(CF)cc(C(F)(F)F)c1)c1nnn(C)n1)CCCN2CC1CCC(C=O)CC1. The summed E-state index contributed by atoms with van der Waals surface area (Å²) in [6.45, 7) is 4.97. The Balaban J connectivity index is 1.54. The normalized spacial score (nSPS) is 21.1. The molecule has 0 spiro atoms. The van der Waals surface area contributed by atoms with E-state index in [0.717, 1.165) is 92.4 Å². The lowest BCUT2D eigenvalue weighted by molar-refractivity contribution is -0.137. The number of carbonyl (C=O) groups is 1. The van der Waals surface area contributed by atoms with Crippen LogP contribution in [-0.4, -0.2) is 39.6 Å². The highest BCUT2D eigenvalue weighted by atomic mass is 19.4. The topological polar surface area (TPSA) is 67.2 Å². The molecule has 42 heavy (non-hydrogen) atoms. The maximum Gasteiger partial charge on any atom is 0.416 e. The van der Waals surface area contributed by atoms with Crippen LogP contribution in [0.15, 0.2) is 30.3 Å². The summed E-state index contributed by atoms with van der Waals surface area (Å²) in [5, 5.41) is 12.7. The Morgan fingerprint density at radius 3 is 2.40 bits per heavy atom. The zero-order valence-electron chi connectivity index (χ0n) is 24.4. The van der Waals surface area contributed by atoms with E-state index in [1.165, 1.54) is 10.9 Å². The van der Waals surface area contributed by atoms with Gasteiger partial charge in [0.15, 0.2) is 0 Å². The van der Waals surface area contributed by atoms with Crippen LogP contribution in [0.5, 0.6) is 0 Å². The van der Waals surface area contributed by atoms with Crippen LogP contribution in [0.4, 0.5) is 29.2 Å². The van der Waals surface area contributed by atoms with Crippen molar-refractivity contribution in [2.24, 2.45) is 18.9 Å². The first-order valence-electron chi connectivity index (χ1n) is 14.6. The Labute approximate surface area is 243 Å². The number of aromatic nitrogens is 4. The molecule has 3 aromatic rings. The molecule has 0 saturated heterocycles. The van der Waals surface area contributed by atoms with Gasteiger partial charge in [0, 0.05) is 31.2 Å².